The van der Waals surface area contributed by atoms with Crippen molar-refractivity contribution < 1.29 is 13.6 Å². The Labute approximate surface area is 130 Å². The topological polar surface area (TPSA) is 29.1 Å². The van der Waals surface area contributed by atoms with E-state index < -0.39 is 17.5 Å². The van der Waals surface area contributed by atoms with Gasteiger partial charge in [-0.05, 0) is 43.7 Å². The summed E-state index contributed by atoms with van der Waals surface area (Å²) >= 11 is 9.02. The predicted octanol–water partition coefficient (Wildman–Crippen LogP) is 4.30. The molecule has 0 unspecified atom stereocenters. The molecule has 0 spiro atoms. The Morgan fingerprint density at radius 3 is 2.55 bits per heavy atom. The van der Waals surface area contributed by atoms with Crippen molar-refractivity contribution in [2.24, 2.45) is 5.92 Å². The van der Waals surface area contributed by atoms with Crippen molar-refractivity contribution in [2.75, 3.05) is 6.54 Å². The molecule has 1 amide bonds. The van der Waals surface area contributed by atoms with Crippen molar-refractivity contribution in [3.63, 3.8) is 0 Å². The SMILES string of the molecule is O=C(NCC1CCC(Br)CC1)c1cc(F)c(Cl)cc1F. The van der Waals surface area contributed by atoms with Gasteiger partial charge in [-0.2, -0.15) is 0 Å². The molecule has 6 heteroatoms. The molecular formula is C14H15BrClF2NO. The van der Waals surface area contributed by atoms with Crippen LogP contribution in [-0.4, -0.2) is 17.3 Å². The summed E-state index contributed by atoms with van der Waals surface area (Å²) < 4.78 is 26.9. The van der Waals surface area contributed by atoms with E-state index in [4.69, 9.17) is 11.6 Å². The number of carbonyl (C=O) groups is 1. The molecule has 1 fully saturated rings. The Morgan fingerprint density at radius 1 is 1.25 bits per heavy atom. The van der Waals surface area contributed by atoms with Gasteiger partial charge in [0.15, 0.2) is 0 Å². The smallest absolute Gasteiger partial charge is 0.254 e. The number of halogens is 4. The highest BCUT2D eigenvalue weighted by Crippen LogP contribution is 2.28. The molecule has 110 valence electrons. The second kappa shape index (κ2) is 6.85. The van der Waals surface area contributed by atoms with E-state index >= 15 is 0 Å². The molecule has 0 aromatic heterocycles. The fourth-order valence-electron chi connectivity index (χ4n) is 2.35. The van der Waals surface area contributed by atoms with Gasteiger partial charge in [0, 0.05) is 11.4 Å². The standard InChI is InChI=1S/C14H15BrClF2NO/c15-9-3-1-8(2-4-9)7-19-14(20)10-5-13(18)11(16)6-12(10)17/h5-6,8-9H,1-4,7H2,(H,19,20). The normalized spacial score (nSPS) is 22.6. The molecule has 2 rings (SSSR count). The van der Waals surface area contributed by atoms with Crippen LogP contribution in [0.3, 0.4) is 0 Å². The van der Waals surface area contributed by atoms with Crippen molar-refractivity contribution in [3.8, 4) is 0 Å². The van der Waals surface area contributed by atoms with Crippen LogP contribution in [0.1, 0.15) is 36.0 Å². The first-order valence-corrected chi connectivity index (χ1v) is 7.83. The van der Waals surface area contributed by atoms with Crippen LogP contribution in [0, 0.1) is 17.6 Å². The maximum Gasteiger partial charge on any atom is 0.254 e. The average Bonchev–Trinajstić information content (AvgIpc) is 2.42. The van der Waals surface area contributed by atoms with Gasteiger partial charge in [-0.25, -0.2) is 8.78 Å². The molecule has 1 aliphatic carbocycles. The summed E-state index contributed by atoms with van der Waals surface area (Å²) in [5.74, 6) is -1.80. The zero-order valence-electron chi connectivity index (χ0n) is 10.8. The van der Waals surface area contributed by atoms with Gasteiger partial charge in [0.1, 0.15) is 11.6 Å². The second-order valence-electron chi connectivity index (χ2n) is 5.07. The molecule has 1 saturated carbocycles. The monoisotopic (exact) mass is 365 g/mol. The van der Waals surface area contributed by atoms with Crippen molar-refractivity contribution in [3.05, 3.63) is 34.4 Å². The van der Waals surface area contributed by atoms with E-state index in [1.165, 1.54) is 0 Å². The lowest BCUT2D eigenvalue weighted by atomic mass is 9.89. The van der Waals surface area contributed by atoms with Gasteiger partial charge in [0.25, 0.3) is 5.91 Å². The molecule has 0 aliphatic heterocycles. The highest BCUT2D eigenvalue weighted by Gasteiger charge is 2.21. The van der Waals surface area contributed by atoms with Crippen molar-refractivity contribution in [1.82, 2.24) is 5.32 Å². The lowest BCUT2D eigenvalue weighted by molar-refractivity contribution is 0.0939. The second-order valence-corrected chi connectivity index (χ2v) is 6.78. The lowest BCUT2D eigenvalue weighted by Gasteiger charge is -2.25. The van der Waals surface area contributed by atoms with Gasteiger partial charge in [-0.15, -0.1) is 0 Å². The Balaban J connectivity index is 1.93. The number of amides is 1. The Hall–Kier alpha value is -0.680. The number of alkyl halides is 1. The van der Waals surface area contributed by atoms with Crippen molar-refractivity contribution in [1.29, 1.82) is 0 Å². The van der Waals surface area contributed by atoms with E-state index in [-0.39, 0.29) is 10.6 Å². The number of hydrogen-bond donors (Lipinski definition) is 1. The lowest BCUT2D eigenvalue weighted by Crippen LogP contribution is -2.32. The Morgan fingerprint density at radius 2 is 1.90 bits per heavy atom. The summed E-state index contributed by atoms with van der Waals surface area (Å²) in [5, 5.41) is 2.34. The molecule has 0 heterocycles. The zero-order valence-corrected chi connectivity index (χ0v) is 13.1. The number of nitrogens with one attached hydrogen (secondary N) is 1. The van der Waals surface area contributed by atoms with Crippen molar-refractivity contribution in [2.45, 2.75) is 30.5 Å². The van der Waals surface area contributed by atoms with E-state index in [1.807, 2.05) is 0 Å². The molecule has 1 aliphatic rings. The fraction of sp³-hybridized carbons (Fsp3) is 0.500. The quantitative estimate of drug-likeness (QED) is 0.627. The first kappa shape index (κ1) is 15.7. The van der Waals surface area contributed by atoms with Gasteiger partial charge in [-0.3, -0.25) is 4.79 Å². The Kier molecular flexibility index (Phi) is 5.38. The Bertz CT molecular complexity index is 504. The van der Waals surface area contributed by atoms with Crippen LogP contribution in [0.4, 0.5) is 8.78 Å². The third-order valence-electron chi connectivity index (χ3n) is 3.58. The van der Waals surface area contributed by atoms with Gasteiger partial charge in [0.2, 0.25) is 0 Å². The van der Waals surface area contributed by atoms with Crippen molar-refractivity contribution >= 4 is 33.4 Å². The summed E-state index contributed by atoms with van der Waals surface area (Å²) in [5.41, 5.74) is -0.305. The predicted molar refractivity (Wildman–Crippen MR) is 78.4 cm³/mol. The third-order valence-corrected chi connectivity index (χ3v) is 4.79. The number of carbonyl (C=O) groups excluding carboxylic acids is 1. The molecule has 20 heavy (non-hydrogen) atoms. The number of benzene rings is 1. The van der Waals surface area contributed by atoms with Crippen LogP contribution in [0.15, 0.2) is 12.1 Å². The van der Waals surface area contributed by atoms with Gasteiger partial charge in [0.05, 0.1) is 10.6 Å². The molecule has 1 aromatic carbocycles. The summed E-state index contributed by atoms with van der Waals surface area (Å²) in [6, 6.07) is 1.66. The van der Waals surface area contributed by atoms with Crippen LogP contribution in [0.25, 0.3) is 0 Å². The molecule has 0 radical (unpaired) electrons. The van der Waals surface area contributed by atoms with E-state index in [0.717, 1.165) is 37.8 Å². The fourth-order valence-corrected chi connectivity index (χ4v) is 3.03. The third kappa shape index (κ3) is 3.92. The number of hydrogen-bond acceptors (Lipinski definition) is 1. The highest BCUT2D eigenvalue weighted by molar-refractivity contribution is 9.09. The zero-order chi connectivity index (χ0) is 14.7. The minimum atomic E-state index is -0.807. The molecular weight excluding hydrogens is 352 g/mol. The summed E-state index contributed by atoms with van der Waals surface area (Å²) in [6.07, 6.45) is 4.19. The highest BCUT2D eigenvalue weighted by atomic mass is 79.9. The largest absolute Gasteiger partial charge is 0.352 e. The van der Waals surface area contributed by atoms with Gasteiger partial charge in [-0.1, -0.05) is 27.5 Å². The van der Waals surface area contributed by atoms with Crippen LogP contribution in [-0.2, 0) is 0 Å². The number of rotatable bonds is 3. The van der Waals surface area contributed by atoms with Crippen LogP contribution < -0.4 is 5.32 Å². The summed E-state index contributed by atoms with van der Waals surface area (Å²) in [6.45, 7) is 0.488. The van der Waals surface area contributed by atoms with Crippen LogP contribution in [0.2, 0.25) is 5.02 Å². The summed E-state index contributed by atoms with van der Waals surface area (Å²) in [7, 11) is 0. The molecule has 0 atom stereocenters. The molecule has 0 bridgehead atoms. The van der Waals surface area contributed by atoms with E-state index in [9.17, 15) is 13.6 Å². The minimum Gasteiger partial charge on any atom is -0.352 e. The maximum absolute atomic E-state index is 13.6. The van der Waals surface area contributed by atoms with Gasteiger partial charge >= 0.3 is 0 Å². The summed E-state index contributed by atoms with van der Waals surface area (Å²) in [4.78, 5) is 12.4. The average molecular weight is 367 g/mol. The first-order chi connectivity index (χ1) is 9.47. The molecule has 1 N–H and O–H groups in total. The molecule has 2 nitrogen and oxygen atoms in total. The van der Waals surface area contributed by atoms with E-state index in [0.29, 0.717) is 17.3 Å². The van der Waals surface area contributed by atoms with Crippen LogP contribution in [0.5, 0.6) is 0 Å². The molecule has 1 aromatic rings. The van der Waals surface area contributed by atoms with Crippen LogP contribution >= 0.6 is 27.5 Å². The van der Waals surface area contributed by atoms with Gasteiger partial charge < -0.3 is 5.32 Å². The minimum absolute atomic E-state index is 0.305. The first-order valence-electron chi connectivity index (χ1n) is 6.54. The van der Waals surface area contributed by atoms with E-state index in [2.05, 4.69) is 21.2 Å². The maximum atomic E-state index is 13.6. The van der Waals surface area contributed by atoms with E-state index in [1.54, 1.807) is 0 Å². The molecule has 0 saturated heterocycles.